The van der Waals surface area contributed by atoms with Crippen molar-refractivity contribution in [3.05, 3.63) is 47.7 Å². The van der Waals surface area contributed by atoms with Crippen LogP contribution >= 0.6 is 0 Å². The summed E-state index contributed by atoms with van der Waals surface area (Å²) in [5.41, 5.74) is 1.20. The largest absolute Gasteiger partial charge is 0.383 e. The third-order valence-electron chi connectivity index (χ3n) is 4.07. The van der Waals surface area contributed by atoms with E-state index in [0.717, 1.165) is 38.3 Å². The summed E-state index contributed by atoms with van der Waals surface area (Å²) in [4.78, 5) is 14.4. The second-order valence-corrected chi connectivity index (χ2v) is 5.82. The Morgan fingerprint density at radius 1 is 1.38 bits per heavy atom. The average molecular weight is 327 g/mol. The molecular formula is C18H25N5O. The molecule has 1 amide bonds. The summed E-state index contributed by atoms with van der Waals surface area (Å²) in [6, 6.07) is 11.9. The number of hydrogen-bond donors (Lipinski definition) is 3. The minimum atomic E-state index is -0.333. The SMILES string of the molecule is CC(N/C=C(/C#N)C(=O)NCCN1CCNCC1)c1ccccc1. The molecule has 1 aromatic carbocycles. The number of carbonyl (C=O) groups excluding carboxylic acids is 1. The summed E-state index contributed by atoms with van der Waals surface area (Å²) in [6.07, 6.45) is 1.50. The van der Waals surface area contributed by atoms with Gasteiger partial charge in [0.15, 0.2) is 0 Å². The first kappa shape index (κ1) is 18.0. The van der Waals surface area contributed by atoms with Crippen molar-refractivity contribution in [1.82, 2.24) is 20.9 Å². The summed E-state index contributed by atoms with van der Waals surface area (Å²) in [7, 11) is 0. The molecule has 0 radical (unpaired) electrons. The van der Waals surface area contributed by atoms with Gasteiger partial charge < -0.3 is 16.0 Å². The van der Waals surface area contributed by atoms with Crippen molar-refractivity contribution in [3.8, 4) is 6.07 Å². The van der Waals surface area contributed by atoms with E-state index in [1.807, 2.05) is 43.3 Å². The maximum atomic E-state index is 12.1. The van der Waals surface area contributed by atoms with Crippen molar-refractivity contribution in [2.75, 3.05) is 39.3 Å². The number of carbonyl (C=O) groups is 1. The van der Waals surface area contributed by atoms with Gasteiger partial charge in [0.1, 0.15) is 11.6 Å². The molecule has 1 aliphatic heterocycles. The molecular weight excluding hydrogens is 302 g/mol. The molecule has 1 unspecified atom stereocenters. The first-order valence-corrected chi connectivity index (χ1v) is 8.33. The quantitative estimate of drug-likeness (QED) is 0.509. The maximum Gasteiger partial charge on any atom is 0.263 e. The maximum absolute atomic E-state index is 12.1. The summed E-state index contributed by atoms with van der Waals surface area (Å²) < 4.78 is 0. The molecule has 0 spiro atoms. The number of benzene rings is 1. The van der Waals surface area contributed by atoms with E-state index >= 15 is 0 Å². The number of hydrogen-bond acceptors (Lipinski definition) is 5. The van der Waals surface area contributed by atoms with Gasteiger partial charge in [0, 0.05) is 51.5 Å². The van der Waals surface area contributed by atoms with Crippen LogP contribution in [0.25, 0.3) is 0 Å². The van der Waals surface area contributed by atoms with E-state index in [0.29, 0.717) is 6.54 Å². The Morgan fingerprint density at radius 3 is 2.75 bits per heavy atom. The van der Waals surface area contributed by atoms with Gasteiger partial charge in [-0.2, -0.15) is 5.26 Å². The van der Waals surface area contributed by atoms with E-state index < -0.39 is 0 Å². The monoisotopic (exact) mass is 327 g/mol. The van der Waals surface area contributed by atoms with Crippen molar-refractivity contribution in [2.24, 2.45) is 0 Å². The van der Waals surface area contributed by atoms with Crippen LogP contribution < -0.4 is 16.0 Å². The first-order valence-electron chi connectivity index (χ1n) is 8.33. The predicted molar refractivity (Wildman–Crippen MR) is 94.0 cm³/mol. The summed E-state index contributed by atoms with van der Waals surface area (Å²) >= 11 is 0. The molecule has 2 rings (SSSR count). The van der Waals surface area contributed by atoms with Crippen LogP contribution in [-0.4, -0.2) is 50.1 Å². The lowest BCUT2D eigenvalue weighted by atomic mass is 10.1. The summed E-state index contributed by atoms with van der Waals surface area (Å²) in [6.45, 7) is 7.30. The number of nitriles is 1. The van der Waals surface area contributed by atoms with Gasteiger partial charge in [-0.15, -0.1) is 0 Å². The van der Waals surface area contributed by atoms with Gasteiger partial charge in [-0.25, -0.2) is 0 Å². The highest BCUT2D eigenvalue weighted by Crippen LogP contribution is 2.11. The number of nitrogens with zero attached hydrogens (tertiary/aromatic N) is 2. The fourth-order valence-electron chi connectivity index (χ4n) is 2.55. The van der Waals surface area contributed by atoms with Crippen LogP contribution in [0.2, 0.25) is 0 Å². The molecule has 0 saturated carbocycles. The molecule has 3 N–H and O–H groups in total. The van der Waals surface area contributed by atoms with Crippen molar-refractivity contribution >= 4 is 5.91 Å². The molecule has 0 aromatic heterocycles. The molecule has 1 atom stereocenters. The zero-order chi connectivity index (χ0) is 17.2. The third-order valence-corrected chi connectivity index (χ3v) is 4.07. The molecule has 6 heteroatoms. The number of amides is 1. The van der Waals surface area contributed by atoms with E-state index in [9.17, 15) is 10.1 Å². The van der Waals surface area contributed by atoms with Crippen LogP contribution in [0, 0.1) is 11.3 Å². The van der Waals surface area contributed by atoms with E-state index in [1.165, 1.54) is 6.20 Å². The Morgan fingerprint density at radius 2 is 2.08 bits per heavy atom. The molecule has 128 valence electrons. The molecule has 6 nitrogen and oxygen atoms in total. The lowest BCUT2D eigenvalue weighted by Gasteiger charge is -2.27. The minimum absolute atomic E-state index is 0.0307. The number of nitrogens with one attached hydrogen (secondary N) is 3. The Kier molecular flexibility index (Phi) is 7.27. The Hall–Kier alpha value is -2.36. The summed E-state index contributed by atoms with van der Waals surface area (Å²) in [5, 5.41) is 18.4. The Labute approximate surface area is 143 Å². The average Bonchev–Trinajstić information content (AvgIpc) is 2.63. The van der Waals surface area contributed by atoms with Crippen LogP contribution in [0.3, 0.4) is 0 Å². The van der Waals surface area contributed by atoms with Gasteiger partial charge in [0.2, 0.25) is 0 Å². The van der Waals surface area contributed by atoms with Crippen LogP contribution in [0.1, 0.15) is 18.5 Å². The van der Waals surface area contributed by atoms with Gasteiger partial charge >= 0.3 is 0 Å². The van der Waals surface area contributed by atoms with Crippen molar-refractivity contribution in [3.63, 3.8) is 0 Å². The zero-order valence-corrected chi connectivity index (χ0v) is 14.1. The molecule has 1 aliphatic rings. The Bertz CT molecular complexity index is 587. The molecule has 1 fully saturated rings. The van der Waals surface area contributed by atoms with Crippen LogP contribution in [0.5, 0.6) is 0 Å². The van der Waals surface area contributed by atoms with E-state index in [4.69, 9.17) is 0 Å². The standard InChI is InChI=1S/C18H25N5O/c1-15(16-5-3-2-4-6-16)22-14-17(13-19)18(24)21-9-12-23-10-7-20-8-11-23/h2-6,14-15,20,22H,7-12H2,1H3,(H,21,24)/b17-14-. The van der Waals surface area contributed by atoms with E-state index in [-0.39, 0.29) is 17.5 Å². The normalized spacial score (nSPS) is 16.9. The minimum Gasteiger partial charge on any atom is -0.383 e. The van der Waals surface area contributed by atoms with Crippen molar-refractivity contribution < 1.29 is 4.79 Å². The van der Waals surface area contributed by atoms with E-state index in [1.54, 1.807) is 0 Å². The molecule has 1 aromatic rings. The highest BCUT2D eigenvalue weighted by atomic mass is 16.1. The molecule has 0 bridgehead atoms. The lowest BCUT2D eigenvalue weighted by Crippen LogP contribution is -2.46. The smallest absolute Gasteiger partial charge is 0.263 e. The number of piperazine rings is 1. The van der Waals surface area contributed by atoms with Crippen molar-refractivity contribution in [2.45, 2.75) is 13.0 Å². The third kappa shape index (κ3) is 5.69. The Balaban J connectivity index is 1.78. The van der Waals surface area contributed by atoms with Gasteiger partial charge in [-0.05, 0) is 12.5 Å². The molecule has 1 heterocycles. The van der Waals surface area contributed by atoms with Gasteiger partial charge in [-0.1, -0.05) is 30.3 Å². The number of rotatable bonds is 7. The van der Waals surface area contributed by atoms with Gasteiger partial charge in [-0.3, -0.25) is 9.69 Å². The highest BCUT2D eigenvalue weighted by Gasteiger charge is 2.12. The molecule has 1 saturated heterocycles. The lowest BCUT2D eigenvalue weighted by molar-refractivity contribution is -0.117. The zero-order valence-electron chi connectivity index (χ0n) is 14.1. The molecule has 0 aliphatic carbocycles. The highest BCUT2D eigenvalue weighted by molar-refractivity contribution is 5.97. The van der Waals surface area contributed by atoms with Gasteiger partial charge in [0.25, 0.3) is 5.91 Å². The first-order chi connectivity index (χ1) is 11.7. The van der Waals surface area contributed by atoms with E-state index in [2.05, 4.69) is 20.9 Å². The predicted octanol–water partition coefficient (Wildman–Crippen LogP) is 0.766. The van der Waals surface area contributed by atoms with Crippen LogP contribution in [-0.2, 0) is 4.79 Å². The molecule has 24 heavy (non-hydrogen) atoms. The second-order valence-electron chi connectivity index (χ2n) is 5.82. The topological polar surface area (TPSA) is 80.2 Å². The van der Waals surface area contributed by atoms with Crippen molar-refractivity contribution in [1.29, 1.82) is 5.26 Å². The second kappa shape index (κ2) is 9.71. The van der Waals surface area contributed by atoms with Crippen LogP contribution in [0.15, 0.2) is 42.1 Å². The summed E-state index contributed by atoms with van der Waals surface area (Å²) in [5.74, 6) is -0.333. The van der Waals surface area contributed by atoms with Gasteiger partial charge in [0.05, 0.1) is 0 Å². The van der Waals surface area contributed by atoms with Crippen LogP contribution in [0.4, 0.5) is 0 Å². The fourth-order valence-corrected chi connectivity index (χ4v) is 2.55. The fraction of sp³-hybridized carbons (Fsp3) is 0.444.